The molecule has 1 aromatic carbocycles. The molecule has 1 atom stereocenters. The molecule has 0 unspecified atom stereocenters. The summed E-state index contributed by atoms with van der Waals surface area (Å²) in [5, 5.41) is 0. The van der Waals surface area contributed by atoms with Crippen LogP contribution >= 0.6 is 0 Å². The van der Waals surface area contributed by atoms with Gasteiger partial charge in [-0.2, -0.15) is 8.42 Å². The fourth-order valence-electron chi connectivity index (χ4n) is 1.53. The van der Waals surface area contributed by atoms with Crippen LogP contribution in [0.3, 0.4) is 0 Å². The van der Waals surface area contributed by atoms with Crippen LogP contribution in [0, 0.1) is 12.8 Å². The molecule has 0 aromatic heterocycles. The van der Waals surface area contributed by atoms with Crippen molar-refractivity contribution in [3.8, 4) is 0 Å². The second kappa shape index (κ2) is 7.56. The number of carbonyl (C=O) groups excluding carboxylic acids is 1. The molecule has 1 aromatic rings. The Kier molecular flexibility index (Phi) is 6.36. The molecule has 0 heterocycles. The zero-order valence-electron chi connectivity index (χ0n) is 12.8. The highest BCUT2D eigenvalue weighted by Gasteiger charge is 2.27. The van der Waals surface area contributed by atoms with E-state index in [1.54, 1.807) is 19.1 Å². The molecule has 0 N–H and O–H groups in total. The molecule has 0 bridgehead atoms. The Bertz CT molecular complexity index is 560. The van der Waals surface area contributed by atoms with E-state index in [0.717, 1.165) is 5.56 Å². The summed E-state index contributed by atoms with van der Waals surface area (Å²) in [5.41, 5.74) is 0.942. The van der Waals surface area contributed by atoms with Gasteiger partial charge in [0.05, 0.1) is 11.5 Å². The van der Waals surface area contributed by atoms with E-state index in [9.17, 15) is 13.2 Å². The fourth-order valence-corrected chi connectivity index (χ4v) is 2.63. The van der Waals surface area contributed by atoms with Gasteiger partial charge in [-0.3, -0.25) is 4.18 Å². The summed E-state index contributed by atoms with van der Waals surface area (Å²) in [6.07, 6.45) is -0.891. The Labute approximate surface area is 126 Å². The maximum Gasteiger partial charge on any atom is 0.336 e. The third-order valence-corrected chi connectivity index (χ3v) is 4.08. The molecule has 0 aliphatic rings. The van der Waals surface area contributed by atoms with Crippen molar-refractivity contribution < 1.29 is 22.1 Å². The van der Waals surface area contributed by atoms with Crippen LogP contribution in [-0.2, 0) is 23.8 Å². The molecule has 0 amide bonds. The second-order valence-corrected chi connectivity index (χ2v) is 6.86. The summed E-state index contributed by atoms with van der Waals surface area (Å²) in [5.74, 6) is -0.470. The molecule has 118 valence electrons. The highest BCUT2D eigenvalue weighted by Crippen LogP contribution is 2.17. The lowest BCUT2D eigenvalue weighted by atomic mass is 10.2. The molecule has 0 saturated carbocycles. The van der Waals surface area contributed by atoms with E-state index in [2.05, 4.69) is 0 Å². The fraction of sp³-hybridized carbons (Fsp3) is 0.533. The zero-order valence-corrected chi connectivity index (χ0v) is 13.6. The number of rotatable bonds is 7. The SMILES string of the molecule is CC[C@H](OS(=O)(=O)c1ccc(C)cc1)C(=O)OCC(C)C. The van der Waals surface area contributed by atoms with E-state index in [1.165, 1.54) is 12.1 Å². The van der Waals surface area contributed by atoms with Crippen LogP contribution in [0.25, 0.3) is 0 Å². The van der Waals surface area contributed by atoms with E-state index in [1.807, 2.05) is 20.8 Å². The number of hydrogen-bond donors (Lipinski definition) is 0. The number of esters is 1. The van der Waals surface area contributed by atoms with E-state index in [-0.39, 0.29) is 23.8 Å². The van der Waals surface area contributed by atoms with Crippen molar-refractivity contribution in [2.75, 3.05) is 6.61 Å². The van der Waals surface area contributed by atoms with Crippen LogP contribution in [0.15, 0.2) is 29.2 Å². The van der Waals surface area contributed by atoms with Gasteiger partial charge in [-0.1, -0.05) is 38.5 Å². The van der Waals surface area contributed by atoms with Crippen molar-refractivity contribution in [2.24, 2.45) is 5.92 Å². The van der Waals surface area contributed by atoms with Gasteiger partial charge in [0.15, 0.2) is 6.10 Å². The van der Waals surface area contributed by atoms with Crippen LogP contribution in [0.4, 0.5) is 0 Å². The average Bonchev–Trinajstić information content (AvgIpc) is 2.42. The first-order valence-corrected chi connectivity index (χ1v) is 8.33. The number of hydrogen-bond acceptors (Lipinski definition) is 5. The van der Waals surface area contributed by atoms with Crippen molar-refractivity contribution in [2.45, 2.75) is 45.1 Å². The summed E-state index contributed by atoms with van der Waals surface area (Å²) in [4.78, 5) is 11.9. The Morgan fingerprint density at radius 3 is 2.24 bits per heavy atom. The van der Waals surface area contributed by atoms with E-state index < -0.39 is 22.2 Å². The van der Waals surface area contributed by atoms with Gasteiger partial charge in [-0.05, 0) is 31.4 Å². The molecular weight excluding hydrogens is 292 g/mol. The minimum absolute atomic E-state index is 0.0307. The molecule has 0 fully saturated rings. The zero-order chi connectivity index (χ0) is 16.0. The third kappa shape index (κ3) is 5.47. The van der Waals surface area contributed by atoms with Gasteiger partial charge in [-0.15, -0.1) is 0 Å². The Balaban J connectivity index is 2.79. The minimum Gasteiger partial charge on any atom is -0.463 e. The lowest BCUT2D eigenvalue weighted by Gasteiger charge is -2.16. The highest BCUT2D eigenvalue weighted by atomic mass is 32.2. The molecular formula is C15H22O5S. The molecule has 1 rings (SSSR count). The van der Waals surface area contributed by atoms with Gasteiger partial charge in [0.25, 0.3) is 10.1 Å². The van der Waals surface area contributed by atoms with E-state index in [0.29, 0.717) is 0 Å². The third-order valence-electron chi connectivity index (χ3n) is 2.75. The van der Waals surface area contributed by atoms with Gasteiger partial charge in [0, 0.05) is 0 Å². The smallest absolute Gasteiger partial charge is 0.336 e. The lowest BCUT2D eigenvalue weighted by molar-refractivity contribution is -0.153. The summed E-state index contributed by atoms with van der Waals surface area (Å²) in [6, 6.07) is 6.26. The number of benzene rings is 1. The van der Waals surface area contributed by atoms with Crippen LogP contribution in [-0.4, -0.2) is 27.1 Å². The van der Waals surface area contributed by atoms with Crippen molar-refractivity contribution >= 4 is 16.1 Å². The molecule has 6 heteroatoms. The van der Waals surface area contributed by atoms with Crippen LogP contribution < -0.4 is 0 Å². The van der Waals surface area contributed by atoms with Gasteiger partial charge in [0.2, 0.25) is 0 Å². The first kappa shape index (κ1) is 17.7. The number of aryl methyl sites for hydroxylation is 1. The van der Waals surface area contributed by atoms with Crippen LogP contribution in [0.2, 0.25) is 0 Å². The summed E-state index contributed by atoms with van der Waals surface area (Å²) in [6.45, 7) is 7.57. The average molecular weight is 314 g/mol. The Morgan fingerprint density at radius 2 is 1.76 bits per heavy atom. The predicted molar refractivity (Wildman–Crippen MR) is 79.3 cm³/mol. The Hall–Kier alpha value is -1.40. The molecule has 0 spiro atoms. The van der Waals surface area contributed by atoms with Crippen molar-refractivity contribution in [3.63, 3.8) is 0 Å². The number of carbonyl (C=O) groups is 1. The maximum absolute atomic E-state index is 12.1. The minimum atomic E-state index is -3.97. The quantitative estimate of drug-likeness (QED) is 0.571. The lowest BCUT2D eigenvalue weighted by Crippen LogP contribution is -2.29. The summed E-state index contributed by atoms with van der Waals surface area (Å²) < 4.78 is 34.3. The summed E-state index contributed by atoms with van der Waals surface area (Å²) in [7, 11) is -3.97. The first-order valence-electron chi connectivity index (χ1n) is 6.93. The Morgan fingerprint density at radius 1 is 1.19 bits per heavy atom. The molecule has 0 radical (unpaired) electrons. The molecule has 0 saturated heterocycles. The van der Waals surface area contributed by atoms with E-state index in [4.69, 9.17) is 8.92 Å². The van der Waals surface area contributed by atoms with Crippen molar-refractivity contribution in [1.82, 2.24) is 0 Å². The monoisotopic (exact) mass is 314 g/mol. The molecule has 21 heavy (non-hydrogen) atoms. The van der Waals surface area contributed by atoms with E-state index >= 15 is 0 Å². The van der Waals surface area contributed by atoms with Crippen molar-refractivity contribution in [1.29, 1.82) is 0 Å². The standard InChI is InChI=1S/C15H22O5S/c1-5-14(15(16)19-10-11(2)3)20-21(17,18)13-8-6-12(4)7-9-13/h6-9,11,14H,5,10H2,1-4H3/t14-/m0/s1. The van der Waals surface area contributed by atoms with Crippen LogP contribution in [0.1, 0.15) is 32.8 Å². The normalized spacial score (nSPS) is 13.2. The second-order valence-electron chi connectivity index (χ2n) is 5.28. The predicted octanol–water partition coefficient (Wildman–Crippen LogP) is 2.68. The van der Waals surface area contributed by atoms with Gasteiger partial charge in [-0.25, -0.2) is 4.79 Å². The van der Waals surface area contributed by atoms with Gasteiger partial charge < -0.3 is 4.74 Å². The first-order chi connectivity index (χ1) is 9.76. The maximum atomic E-state index is 12.1. The largest absolute Gasteiger partial charge is 0.463 e. The van der Waals surface area contributed by atoms with Crippen LogP contribution in [0.5, 0.6) is 0 Å². The summed E-state index contributed by atoms with van der Waals surface area (Å²) >= 11 is 0. The van der Waals surface area contributed by atoms with Crippen molar-refractivity contribution in [3.05, 3.63) is 29.8 Å². The van der Waals surface area contributed by atoms with Gasteiger partial charge >= 0.3 is 5.97 Å². The topological polar surface area (TPSA) is 69.7 Å². The molecule has 0 aliphatic heterocycles. The highest BCUT2D eigenvalue weighted by molar-refractivity contribution is 7.86. The number of ether oxygens (including phenoxy) is 1. The van der Waals surface area contributed by atoms with Gasteiger partial charge in [0.1, 0.15) is 0 Å². The molecule has 5 nitrogen and oxygen atoms in total. The molecule has 0 aliphatic carbocycles.